The molecule has 0 aliphatic rings. The van der Waals surface area contributed by atoms with E-state index in [2.05, 4.69) is 10.6 Å². The van der Waals surface area contributed by atoms with Gasteiger partial charge in [0.1, 0.15) is 11.5 Å². The zero-order chi connectivity index (χ0) is 16.8. The second kappa shape index (κ2) is 7.98. The third-order valence-corrected chi connectivity index (χ3v) is 3.48. The lowest BCUT2D eigenvalue weighted by molar-refractivity contribution is -0.120. The molecule has 0 unspecified atom stereocenters. The fraction of sp³-hybridized carbons (Fsp3) is 0.625. The van der Waals surface area contributed by atoms with Gasteiger partial charge in [-0.3, -0.25) is 9.59 Å². The Bertz CT molecular complexity index is 520. The van der Waals surface area contributed by atoms with Crippen LogP contribution in [-0.2, 0) is 4.79 Å². The Kier molecular flexibility index (Phi) is 6.61. The van der Waals surface area contributed by atoms with E-state index in [1.165, 1.54) is 0 Å². The fourth-order valence-electron chi connectivity index (χ4n) is 2.05. The molecule has 1 aromatic heterocycles. The van der Waals surface area contributed by atoms with Crippen LogP contribution < -0.4 is 10.6 Å². The standard InChI is InChI=1S/C16H26N2O4/c1-11-8-13(12(2)22-11)15(21)18-9-14(20)17-7-5-6-16(3,4)10-19/h8,19H,5-7,9-10H2,1-4H3,(H,17,20)(H,18,21). The molecule has 0 aliphatic heterocycles. The first kappa shape index (κ1) is 18.2. The van der Waals surface area contributed by atoms with Crippen molar-refractivity contribution in [1.29, 1.82) is 0 Å². The number of amides is 2. The number of aryl methyl sites for hydroxylation is 2. The summed E-state index contributed by atoms with van der Waals surface area (Å²) in [4.78, 5) is 23.6. The van der Waals surface area contributed by atoms with Gasteiger partial charge in [0, 0.05) is 13.2 Å². The summed E-state index contributed by atoms with van der Waals surface area (Å²) in [6, 6.07) is 1.65. The Morgan fingerprint density at radius 3 is 2.50 bits per heavy atom. The number of furan rings is 1. The van der Waals surface area contributed by atoms with Crippen molar-refractivity contribution in [2.45, 2.75) is 40.5 Å². The van der Waals surface area contributed by atoms with Crippen molar-refractivity contribution >= 4 is 11.8 Å². The summed E-state index contributed by atoms with van der Waals surface area (Å²) in [5.74, 6) is 0.666. The molecule has 3 N–H and O–H groups in total. The number of hydrogen-bond acceptors (Lipinski definition) is 4. The number of nitrogens with one attached hydrogen (secondary N) is 2. The van der Waals surface area contributed by atoms with E-state index in [1.807, 2.05) is 13.8 Å². The summed E-state index contributed by atoms with van der Waals surface area (Å²) in [6.45, 7) is 8.03. The molecule has 22 heavy (non-hydrogen) atoms. The summed E-state index contributed by atoms with van der Waals surface area (Å²) in [5.41, 5.74) is 0.324. The summed E-state index contributed by atoms with van der Waals surface area (Å²) in [5, 5.41) is 14.5. The maximum absolute atomic E-state index is 11.9. The van der Waals surface area contributed by atoms with Gasteiger partial charge < -0.3 is 20.2 Å². The Labute approximate surface area is 131 Å². The molecular weight excluding hydrogens is 284 g/mol. The van der Waals surface area contributed by atoms with Crippen LogP contribution in [0.25, 0.3) is 0 Å². The highest BCUT2D eigenvalue weighted by atomic mass is 16.3. The number of aliphatic hydroxyl groups excluding tert-OH is 1. The highest BCUT2D eigenvalue weighted by Crippen LogP contribution is 2.20. The SMILES string of the molecule is Cc1cc(C(=O)NCC(=O)NCCCC(C)(C)CO)c(C)o1. The van der Waals surface area contributed by atoms with E-state index in [4.69, 9.17) is 9.52 Å². The third kappa shape index (κ3) is 5.89. The molecule has 1 heterocycles. The highest BCUT2D eigenvalue weighted by molar-refractivity contribution is 5.97. The van der Waals surface area contributed by atoms with Crippen molar-refractivity contribution < 1.29 is 19.1 Å². The van der Waals surface area contributed by atoms with E-state index in [1.54, 1.807) is 19.9 Å². The summed E-state index contributed by atoms with van der Waals surface area (Å²) < 4.78 is 5.28. The molecule has 124 valence electrons. The minimum atomic E-state index is -0.314. The lowest BCUT2D eigenvalue weighted by Gasteiger charge is -2.21. The predicted octanol–water partition coefficient (Wildman–Crippen LogP) is 1.54. The Morgan fingerprint density at radius 2 is 1.95 bits per heavy atom. The van der Waals surface area contributed by atoms with Crippen LogP contribution >= 0.6 is 0 Å². The largest absolute Gasteiger partial charge is 0.466 e. The van der Waals surface area contributed by atoms with Crippen LogP contribution in [0.5, 0.6) is 0 Å². The molecule has 6 heteroatoms. The average Bonchev–Trinajstić information content (AvgIpc) is 2.80. The first-order valence-electron chi connectivity index (χ1n) is 7.48. The van der Waals surface area contributed by atoms with Gasteiger partial charge >= 0.3 is 0 Å². The van der Waals surface area contributed by atoms with Gasteiger partial charge in [-0.2, -0.15) is 0 Å². The van der Waals surface area contributed by atoms with Crippen molar-refractivity contribution in [2.75, 3.05) is 19.7 Å². The van der Waals surface area contributed by atoms with Crippen molar-refractivity contribution in [3.8, 4) is 0 Å². The van der Waals surface area contributed by atoms with E-state index in [0.717, 1.165) is 12.8 Å². The number of hydrogen-bond donors (Lipinski definition) is 3. The van der Waals surface area contributed by atoms with Crippen LogP contribution in [0.4, 0.5) is 0 Å². The highest BCUT2D eigenvalue weighted by Gasteiger charge is 2.16. The molecule has 1 aromatic rings. The predicted molar refractivity (Wildman–Crippen MR) is 83.6 cm³/mol. The molecule has 0 radical (unpaired) electrons. The van der Waals surface area contributed by atoms with Crippen LogP contribution in [0.3, 0.4) is 0 Å². The van der Waals surface area contributed by atoms with E-state index in [0.29, 0.717) is 23.6 Å². The van der Waals surface area contributed by atoms with Gasteiger partial charge in [0.05, 0.1) is 12.1 Å². The molecule has 0 bridgehead atoms. The molecule has 0 spiro atoms. The van der Waals surface area contributed by atoms with Crippen LogP contribution in [0, 0.1) is 19.3 Å². The molecule has 2 amide bonds. The first-order chi connectivity index (χ1) is 10.2. The van der Waals surface area contributed by atoms with Crippen molar-refractivity contribution in [3.05, 3.63) is 23.2 Å². The minimum absolute atomic E-state index is 0.0636. The van der Waals surface area contributed by atoms with Crippen molar-refractivity contribution in [1.82, 2.24) is 10.6 Å². The van der Waals surface area contributed by atoms with Gasteiger partial charge in [0.15, 0.2) is 0 Å². The summed E-state index contributed by atoms with van der Waals surface area (Å²) in [6.07, 6.45) is 1.61. The van der Waals surface area contributed by atoms with Gasteiger partial charge in [-0.05, 0) is 38.2 Å². The first-order valence-corrected chi connectivity index (χ1v) is 7.48. The maximum atomic E-state index is 11.9. The van der Waals surface area contributed by atoms with E-state index < -0.39 is 0 Å². The monoisotopic (exact) mass is 310 g/mol. The van der Waals surface area contributed by atoms with Crippen LogP contribution in [0.2, 0.25) is 0 Å². The quantitative estimate of drug-likeness (QED) is 0.635. The summed E-state index contributed by atoms with van der Waals surface area (Å²) >= 11 is 0. The van der Waals surface area contributed by atoms with Crippen LogP contribution in [0.1, 0.15) is 48.6 Å². The van der Waals surface area contributed by atoms with Gasteiger partial charge in [0.25, 0.3) is 5.91 Å². The molecule has 0 aliphatic carbocycles. The third-order valence-electron chi connectivity index (χ3n) is 3.48. The van der Waals surface area contributed by atoms with Gasteiger partial charge in [-0.25, -0.2) is 0 Å². The molecule has 0 saturated heterocycles. The average molecular weight is 310 g/mol. The maximum Gasteiger partial charge on any atom is 0.255 e. The molecular formula is C16H26N2O4. The zero-order valence-electron chi connectivity index (χ0n) is 13.8. The molecule has 0 atom stereocenters. The zero-order valence-corrected chi connectivity index (χ0v) is 13.8. The number of rotatable bonds is 8. The topological polar surface area (TPSA) is 91.6 Å². The minimum Gasteiger partial charge on any atom is -0.466 e. The van der Waals surface area contributed by atoms with Crippen molar-refractivity contribution in [3.63, 3.8) is 0 Å². The van der Waals surface area contributed by atoms with E-state index in [-0.39, 0.29) is 30.4 Å². The Morgan fingerprint density at radius 1 is 1.27 bits per heavy atom. The molecule has 1 rings (SSSR count). The normalized spacial score (nSPS) is 11.3. The van der Waals surface area contributed by atoms with E-state index in [9.17, 15) is 9.59 Å². The molecule has 6 nitrogen and oxygen atoms in total. The lowest BCUT2D eigenvalue weighted by atomic mass is 9.89. The number of carbonyl (C=O) groups excluding carboxylic acids is 2. The van der Waals surface area contributed by atoms with Gasteiger partial charge in [-0.1, -0.05) is 13.8 Å². The molecule has 0 saturated carbocycles. The Hall–Kier alpha value is -1.82. The Balaban J connectivity index is 2.26. The molecule has 0 aromatic carbocycles. The van der Waals surface area contributed by atoms with Crippen molar-refractivity contribution in [2.24, 2.45) is 5.41 Å². The van der Waals surface area contributed by atoms with Crippen LogP contribution in [0.15, 0.2) is 10.5 Å². The lowest BCUT2D eigenvalue weighted by Crippen LogP contribution is -2.37. The van der Waals surface area contributed by atoms with Gasteiger partial charge in [-0.15, -0.1) is 0 Å². The number of aliphatic hydroxyl groups is 1. The van der Waals surface area contributed by atoms with Gasteiger partial charge in [0.2, 0.25) is 5.91 Å². The van der Waals surface area contributed by atoms with E-state index >= 15 is 0 Å². The molecule has 0 fully saturated rings. The smallest absolute Gasteiger partial charge is 0.255 e. The second-order valence-electron chi connectivity index (χ2n) is 6.29. The van der Waals surface area contributed by atoms with Crippen LogP contribution in [-0.4, -0.2) is 36.6 Å². The second-order valence-corrected chi connectivity index (χ2v) is 6.29. The fourth-order valence-corrected chi connectivity index (χ4v) is 2.05. The number of carbonyl (C=O) groups is 2. The summed E-state index contributed by atoms with van der Waals surface area (Å²) in [7, 11) is 0.